The van der Waals surface area contributed by atoms with Crippen molar-refractivity contribution >= 4 is 47.7 Å². The maximum absolute atomic E-state index is 7.29. The van der Waals surface area contributed by atoms with E-state index in [1.165, 1.54) is 43.0 Å². The van der Waals surface area contributed by atoms with Crippen LogP contribution >= 0.6 is 15.8 Å². The number of para-hydroxylation sites is 2. The van der Waals surface area contributed by atoms with E-state index in [2.05, 4.69) is 158 Å². The van der Waals surface area contributed by atoms with Gasteiger partial charge < -0.3 is 9.47 Å². The first-order valence-electron chi connectivity index (χ1n) is 16.7. The van der Waals surface area contributed by atoms with Crippen molar-refractivity contribution in [2.75, 3.05) is 0 Å². The number of fused-ring (bicyclic) bond motifs is 6. The van der Waals surface area contributed by atoms with Crippen LogP contribution < -0.4 is 41.3 Å². The largest absolute Gasteiger partial charge is 0.489 e. The quantitative estimate of drug-likeness (QED) is 0.173. The van der Waals surface area contributed by atoms with Crippen molar-refractivity contribution in [3.05, 3.63) is 169 Å². The van der Waals surface area contributed by atoms with Gasteiger partial charge >= 0.3 is 0 Å². The highest BCUT2D eigenvalue weighted by Gasteiger charge is 2.32. The maximum Gasteiger partial charge on any atom is 0.131 e. The van der Waals surface area contributed by atoms with Crippen molar-refractivity contribution in [3.8, 4) is 11.5 Å². The molecule has 2 nitrogen and oxygen atoms in total. The summed E-state index contributed by atoms with van der Waals surface area (Å²) in [6.07, 6.45) is 4.88. The van der Waals surface area contributed by atoms with E-state index in [-0.39, 0.29) is 12.2 Å². The summed E-state index contributed by atoms with van der Waals surface area (Å²) in [5.74, 6) is 2.14. The normalized spacial score (nSPS) is 17.2. The van der Waals surface area contributed by atoms with Crippen molar-refractivity contribution in [2.45, 2.75) is 44.3 Å². The smallest absolute Gasteiger partial charge is 0.131 e. The molecule has 2 heterocycles. The summed E-state index contributed by atoms with van der Waals surface area (Å²) in [6.45, 7) is 0. The number of ether oxygens (including phenoxy) is 2. The molecule has 2 aliphatic rings. The highest BCUT2D eigenvalue weighted by atomic mass is 31.1. The summed E-state index contributed by atoms with van der Waals surface area (Å²) < 4.78 is 14.6. The summed E-state index contributed by atoms with van der Waals surface area (Å²) in [7, 11) is -1.59. The third-order valence-electron chi connectivity index (χ3n) is 9.21. The topological polar surface area (TPSA) is 18.5 Å². The molecule has 2 aliphatic heterocycles. The van der Waals surface area contributed by atoms with Crippen LogP contribution in [-0.4, -0.2) is 12.2 Å². The molecule has 6 aromatic carbocycles. The van der Waals surface area contributed by atoms with Crippen LogP contribution in [0.4, 0.5) is 0 Å². The van der Waals surface area contributed by atoms with E-state index in [0.29, 0.717) is 0 Å². The first kappa shape index (κ1) is 30.1. The van der Waals surface area contributed by atoms with E-state index in [4.69, 9.17) is 9.47 Å². The predicted octanol–water partition coefficient (Wildman–Crippen LogP) is 7.68. The van der Waals surface area contributed by atoms with Gasteiger partial charge in [-0.15, -0.1) is 0 Å². The molecule has 0 aromatic heterocycles. The zero-order valence-electron chi connectivity index (χ0n) is 26.4. The molecular formula is C43H38O2P2. The van der Waals surface area contributed by atoms with Gasteiger partial charge in [0.15, 0.2) is 0 Å². The van der Waals surface area contributed by atoms with E-state index in [0.717, 1.165) is 43.6 Å². The van der Waals surface area contributed by atoms with Crippen molar-refractivity contribution in [2.24, 2.45) is 0 Å². The molecule has 0 spiro atoms. The number of hydrogen-bond donors (Lipinski definition) is 0. The lowest BCUT2D eigenvalue weighted by molar-refractivity contribution is 0.189. The molecular weight excluding hydrogens is 610 g/mol. The summed E-state index contributed by atoms with van der Waals surface area (Å²) >= 11 is 0. The van der Waals surface area contributed by atoms with Gasteiger partial charge in [0.05, 0.1) is 0 Å². The van der Waals surface area contributed by atoms with Gasteiger partial charge in [0, 0.05) is 23.5 Å². The fourth-order valence-electron chi connectivity index (χ4n) is 7.05. The predicted molar refractivity (Wildman–Crippen MR) is 200 cm³/mol. The standard InChI is InChI=1S/C43H38O2P2/c1-5-20-36(21-6-1)46(37-22-7-2-8-23-37)40-28-13-16-32-30-35-19-15-18-34(44-42(32)40)31-33-17-14-29-41(43(33)45-35)47(38-24-9-3-10-25-38)39-26-11-4-12-27-39/h1-14,16-17,20-29,34-35H,15,18-19,30-31H2/t34-,35?/m1/s1. The van der Waals surface area contributed by atoms with Gasteiger partial charge in [-0.25, -0.2) is 0 Å². The van der Waals surface area contributed by atoms with Crippen molar-refractivity contribution in [3.63, 3.8) is 0 Å². The number of benzene rings is 6. The van der Waals surface area contributed by atoms with Crippen LogP contribution in [0.5, 0.6) is 11.5 Å². The second-order valence-electron chi connectivity index (χ2n) is 12.4. The van der Waals surface area contributed by atoms with Gasteiger partial charge in [-0.05, 0) is 67.5 Å². The Bertz CT molecular complexity index is 1710. The first-order chi connectivity index (χ1) is 23.3. The van der Waals surface area contributed by atoms with E-state index >= 15 is 0 Å². The molecule has 0 aliphatic carbocycles. The van der Waals surface area contributed by atoms with Crippen LogP contribution in [0.2, 0.25) is 0 Å². The van der Waals surface area contributed by atoms with Crippen LogP contribution in [0.3, 0.4) is 0 Å². The Morgan fingerprint density at radius 3 is 1.06 bits per heavy atom. The molecule has 47 heavy (non-hydrogen) atoms. The monoisotopic (exact) mass is 648 g/mol. The van der Waals surface area contributed by atoms with E-state index in [1.807, 2.05) is 0 Å². The fraction of sp³-hybridized carbons (Fsp3) is 0.163. The Kier molecular flexibility index (Phi) is 8.89. The van der Waals surface area contributed by atoms with Crippen molar-refractivity contribution < 1.29 is 9.47 Å². The van der Waals surface area contributed by atoms with Crippen LogP contribution in [0.25, 0.3) is 0 Å². The van der Waals surface area contributed by atoms with Gasteiger partial charge in [-0.2, -0.15) is 0 Å². The molecule has 6 aromatic rings. The second-order valence-corrected chi connectivity index (χ2v) is 16.7. The molecule has 4 heteroatoms. The van der Waals surface area contributed by atoms with Crippen LogP contribution in [0.15, 0.2) is 158 Å². The van der Waals surface area contributed by atoms with Crippen LogP contribution in [-0.2, 0) is 12.8 Å². The molecule has 0 amide bonds. The van der Waals surface area contributed by atoms with E-state index in [1.54, 1.807) is 0 Å². The molecule has 8 rings (SSSR count). The molecule has 1 unspecified atom stereocenters. The van der Waals surface area contributed by atoms with E-state index in [9.17, 15) is 0 Å². The molecule has 0 saturated heterocycles. The Labute approximate surface area is 280 Å². The molecule has 2 atom stereocenters. The molecule has 2 bridgehead atoms. The van der Waals surface area contributed by atoms with Crippen molar-refractivity contribution in [1.82, 2.24) is 0 Å². The minimum atomic E-state index is -0.796. The Morgan fingerprint density at radius 1 is 0.383 bits per heavy atom. The summed E-state index contributed by atoms with van der Waals surface area (Å²) in [5.41, 5.74) is 2.51. The van der Waals surface area contributed by atoms with Crippen molar-refractivity contribution in [1.29, 1.82) is 0 Å². The zero-order valence-corrected chi connectivity index (χ0v) is 28.2. The average molecular weight is 649 g/mol. The average Bonchev–Trinajstić information content (AvgIpc) is 3.27. The Balaban J connectivity index is 1.24. The van der Waals surface area contributed by atoms with Crippen LogP contribution in [0, 0.1) is 0 Å². The third-order valence-corrected chi connectivity index (χ3v) is 14.1. The molecule has 232 valence electrons. The van der Waals surface area contributed by atoms with Gasteiger partial charge in [0.1, 0.15) is 23.7 Å². The Morgan fingerprint density at radius 2 is 0.723 bits per heavy atom. The fourth-order valence-corrected chi connectivity index (χ4v) is 11.9. The van der Waals surface area contributed by atoms with Gasteiger partial charge in [0.25, 0.3) is 0 Å². The molecule has 0 fully saturated rings. The highest BCUT2D eigenvalue weighted by Crippen LogP contribution is 2.43. The van der Waals surface area contributed by atoms with Crippen LogP contribution in [0.1, 0.15) is 30.4 Å². The third kappa shape index (κ3) is 6.38. The lowest BCUT2D eigenvalue weighted by atomic mass is 10.0. The minimum absolute atomic E-state index is 0.0624. The summed E-state index contributed by atoms with van der Waals surface area (Å²) in [6, 6.07) is 57.5. The lowest BCUT2D eigenvalue weighted by Crippen LogP contribution is -2.30. The Hall–Kier alpha value is -4.22. The lowest BCUT2D eigenvalue weighted by Gasteiger charge is -2.30. The van der Waals surface area contributed by atoms with Gasteiger partial charge in [-0.1, -0.05) is 158 Å². The second kappa shape index (κ2) is 13.9. The summed E-state index contributed by atoms with van der Waals surface area (Å²) in [5, 5.41) is 7.96. The van der Waals surface area contributed by atoms with Gasteiger partial charge in [0.2, 0.25) is 0 Å². The summed E-state index contributed by atoms with van der Waals surface area (Å²) in [4.78, 5) is 0. The first-order valence-corrected chi connectivity index (χ1v) is 19.4. The number of rotatable bonds is 6. The zero-order chi connectivity index (χ0) is 31.4. The van der Waals surface area contributed by atoms with E-state index < -0.39 is 15.8 Å². The SMILES string of the molecule is c1ccc(P(c2ccccc2)c2cccc3c2OC2CCC[C@H](C3)Oc3c(cccc3P(c3ccccc3)c3ccccc3)C2)cc1. The molecule has 0 radical (unpaired) electrons. The molecule has 0 saturated carbocycles. The minimum Gasteiger partial charge on any atom is -0.489 e. The molecule has 0 N–H and O–H groups in total. The van der Waals surface area contributed by atoms with Gasteiger partial charge in [-0.3, -0.25) is 0 Å². The highest BCUT2D eigenvalue weighted by molar-refractivity contribution is 7.80. The number of hydrogen-bond acceptors (Lipinski definition) is 2. The maximum atomic E-state index is 7.29.